The summed E-state index contributed by atoms with van der Waals surface area (Å²) in [6.45, 7) is 10.1. The number of ether oxygens (including phenoxy) is 1. The average Bonchev–Trinajstić information content (AvgIpc) is 2.68. The second-order valence-corrected chi connectivity index (χ2v) is 5.93. The van der Waals surface area contributed by atoms with Crippen LogP contribution in [0.4, 0.5) is 4.79 Å². The van der Waals surface area contributed by atoms with Crippen molar-refractivity contribution in [1.82, 2.24) is 20.1 Å². The summed E-state index contributed by atoms with van der Waals surface area (Å²) in [5.41, 5.74) is -0.507. The predicted octanol–water partition coefficient (Wildman–Crippen LogP) is 2.61. The van der Waals surface area contributed by atoms with Crippen molar-refractivity contribution in [3.8, 4) is 0 Å². The summed E-state index contributed by atoms with van der Waals surface area (Å²) in [7, 11) is 0. The number of amides is 1. The van der Waals surface area contributed by atoms with E-state index >= 15 is 0 Å². The molecule has 1 N–H and O–H groups in total. The van der Waals surface area contributed by atoms with Crippen LogP contribution in [0.1, 0.15) is 46.5 Å². The number of alkyl carbamates (subject to hydrolysis) is 1. The summed E-state index contributed by atoms with van der Waals surface area (Å²) in [4.78, 5) is 11.7. The van der Waals surface area contributed by atoms with Crippen molar-refractivity contribution in [3.63, 3.8) is 0 Å². The molecule has 0 aliphatic carbocycles. The smallest absolute Gasteiger partial charge is 0.408 e. The SMILES string of the molecule is CCn1c(SC)nnc1[C@@H](C)NC(=O)OC(C)(C)C. The second kappa shape index (κ2) is 6.27. The molecular weight excluding hydrogens is 264 g/mol. The molecule has 0 bridgehead atoms. The number of nitrogens with zero attached hydrogens (tertiary/aromatic N) is 3. The first-order valence-electron chi connectivity index (χ1n) is 6.25. The Morgan fingerprint density at radius 2 is 2.11 bits per heavy atom. The number of carbonyl (C=O) groups is 1. The molecule has 0 saturated carbocycles. The maximum Gasteiger partial charge on any atom is 0.408 e. The van der Waals surface area contributed by atoms with Gasteiger partial charge in [-0.3, -0.25) is 0 Å². The van der Waals surface area contributed by atoms with E-state index in [4.69, 9.17) is 4.74 Å². The number of aromatic nitrogens is 3. The van der Waals surface area contributed by atoms with Gasteiger partial charge in [0, 0.05) is 6.54 Å². The molecule has 108 valence electrons. The molecule has 1 aromatic rings. The van der Waals surface area contributed by atoms with Crippen LogP contribution in [-0.2, 0) is 11.3 Å². The maximum absolute atomic E-state index is 11.7. The molecule has 0 radical (unpaired) electrons. The van der Waals surface area contributed by atoms with Gasteiger partial charge in [-0.25, -0.2) is 4.79 Å². The first-order valence-corrected chi connectivity index (χ1v) is 7.47. The predicted molar refractivity (Wildman–Crippen MR) is 75.3 cm³/mol. The van der Waals surface area contributed by atoms with Crippen molar-refractivity contribution in [2.24, 2.45) is 0 Å². The summed E-state index contributed by atoms with van der Waals surface area (Å²) in [5.74, 6) is 0.734. The van der Waals surface area contributed by atoms with Crippen LogP contribution in [0.5, 0.6) is 0 Å². The fourth-order valence-electron chi connectivity index (χ4n) is 1.62. The van der Waals surface area contributed by atoms with Gasteiger partial charge in [-0.15, -0.1) is 10.2 Å². The summed E-state index contributed by atoms with van der Waals surface area (Å²) < 4.78 is 7.20. The maximum atomic E-state index is 11.7. The molecule has 0 aliphatic rings. The Labute approximate surface area is 118 Å². The Morgan fingerprint density at radius 3 is 2.58 bits per heavy atom. The van der Waals surface area contributed by atoms with Gasteiger partial charge in [0.25, 0.3) is 0 Å². The molecule has 1 heterocycles. The summed E-state index contributed by atoms with van der Waals surface area (Å²) >= 11 is 1.53. The first kappa shape index (κ1) is 15.8. The summed E-state index contributed by atoms with van der Waals surface area (Å²) in [6, 6.07) is -0.247. The third-order valence-corrected chi connectivity index (χ3v) is 3.03. The topological polar surface area (TPSA) is 69.0 Å². The summed E-state index contributed by atoms with van der Waals surface area (Å²) in [6.07, 6.45) is 1.50. The van der Waals surface area contributed by atoms with Gasteiger partial charge in [-0.1, -0.05) is 11.8 Å². The zero-order valence-corrected chi connectivity index (χ0v) is 13.2. The van der Waals surface area contributed by atoms with Crippen LogP contribution >= 0.6 is 11.8 Å². The lowest BCUT2D eigenvalue weighted by molar-refractivity contribution is 0.0505. The number of carbonyl (C=O) groups excluding carboxylic acids is 1. The van der Waals surface area contributed by atoms with Crippen LogP contribution in [0.25, 0.3) is 0 Å². The van der Waals surface area contributed by atoms with E-state index in [-0.39, 0.29) is 6.04 Å². The van der Waals surface area contributed by atoms with Gasteiger partial charge in [0.2, 0.25) is 0 Å². The molecule has 0 aromatic carbocycles. The molecule has 0 saturated heterocycles. The van der Waals surface area contributed by atoms with Crippen molar-refractivity contribution < 1.29 is 9.53 Å². The minimum Gasteiger partial charge on any atom is -0.444 e. The fraction of sp³-hybridized carbons (Fsp3) is 0.750. The van der Waals surface area contributed by atoms with E-state index in [9.17, 15) is 4.79 Å². The Bertz CT molecular complexity index is 439. The Hall–Kier alpha value is -1.24. The van der Waals surface area contributed by atoms with Gasteiger partial charge in [0.1, 0.15) is 5.60 Å². The lowest BCUT2D eigenvalue weighted by Crippen LogP contribution is -2.35. The molecule has 6 nitrogen and oxygen atoms in total. The van der Waals surface area contributed by atoms with Crippen LogP contribution in [0, 0.1) is 0 Å². The number of rotatable bonds is 4. The molecule has 0 unspecified atom stereocenters. The van der Waals surface area contributed by atoms with Crippen LogP contribution in [0.2, 0.25) is 0 Å². The minimum atomic E-state index is -0.507. The highest BCUT2D eigenvalue weighted by Gasteiger charge is 2.21. The molecule has 0 spiro atoms. The molecule has 1 rings (SSSR count). The quantitative estimate of drug-likeness (QED) is 0.862. The third-order valence-electron chi connectivity index (χ3n) is 2.36. The van der Waals surface area contributed by atoms with Gasteiger partial charge in [-0.05, 0) is 40.9 Å². The Morgan fingerprint density at radius 1 is 1.47 bits per heavy atom. The molecular formula is C12H22N4O2S. The zero-order valence-electron chi connectivity index (χ0n) is 12.4. The average molecular weight is 286 g/mol. The van der Waals surface area contributed by atoms with E-state index < -0.39 is 11.7 Å². The third kappa shape index (κ3) is 4.41. The first-order chi connectivity index (χ1) is 8.78. The Kier molecular flexibility index (Phi) is 5.22. The number of hydrogen-bond acceptors (Lipinski definition) is 5. The minimum absolute atomic E-state index is 0.247. The van der Waals surface area contributed by atoms with Gasteiger partial charge in [0.05, 0.1) is 6.04 Å². The van der Waals surface area contributed by atoms with Crippen LogP contribution in [0.15, 0.2) is 5.16 Å². The normalized spacial score (nSPS) is 13.2. The van der Waals surface area contributed by atoms with E-state index in [1.165, 1.54) is 11.8 Å². The van der Waals surface area contributed by atoms with Crippen LogP contribution in [0.3, 0.4) is 0 Å². The molecule has 0 fully saturated rings. The molecule has 1 amide bonds. The highest BCUT2D eigenvalue weighted by atomic mass is 32.2. The second-order valence-electron chi connectivity index (χ2n) is 5.16. The van der Waals surface area contributed by atoms with Gasteiger partial charge >= 0.3 is 6.09 Å². The van der Waals surface area contributed by atoms with Crippen molar-refractivity contribution in [2.75, 3.05) is 6.26 Å². The lowest BCUT2D eigenvalue weighted by atomic mass is 10.2. The monoisotopic (exact) mass is 286 g/mol. The van der Waals surface area contributed by atoms with E-state index in [1.54, 1.807) is 0 Å². The molecule has 1 atom stereocenters. The molecule has 19 heavy (non-hydrogen) atoms. The highest BCUT2D eigenvalue weighted by Crippen LogP contribution is 2.18. The van der Waals surface area contributed by atoms with E-state index in [2.05, 4.69) is 15.5 Å². The highest BCUT2D eigenvalue weighted by molar-refractivity contribution is 7.98. The lowest BCUT2D eigenvalue weighted by Gasteiger charge is -2.21. The van der Waals surface area contributed by atoms with Crippen molar-refractivity contribution in [3.05, 3.63) is 5.82 Å². The largest absolute Gasteiger partial charge is 0.444 e. The standard InChI is InChI=1S/C12H22N4O2S/c1-7-16-9(14-15-10(16)19-6)8(2)13-11(17)18-12(3,4)5/h8H,7H2,1-6H3,(H,13,17)/t8-/m1/s1. The number of nitrogens with one attached hydrogen (secondary N) is 1. The van der Waals surface area contributed by atoms with Crippen molar-refractivity contribution in [2.45, 2.75) is 58.0 Å². The molecule has 1 aromatic heterocycles. The van der Waals surface area contributed by atoms with Gasteiger partial charge < -0.3 is 14.6 Å². The van der Waals surface area contributed by atoms with E-state index in [0.717, 1.165) is 17.5 Å². The number of hydrogen-bond donors (Lipinski definition) is 1. The van der Waals surface area contributed by atoms with Crippen LogP contribution in [-0.4, -0.2) is 32.7 Å². The van der Waals surface area contributed by atoms with E-state index in [0.29, 0.717) is 0 Å². The Balaban J connectivity index is 2.76. The molecule has 7 heteroatoms. The summed E-state index contributed by atoms with van der Waals surface area (Å²) in [5, 5.41) is 11.8. The molecule has 0 aliphatic heterocycles. The van der Waals surface area contributed by atoms with E-state index in [1.807, 2.05) is 45.4 Å². The van der Waals surface area contributed by atoms with Crippen molar-refractivity contribution in [1.29, 1.82) is 0 Å². The van der Waals surface area contributed by atoms with Crippen molar-refractivity contribution >= 4 is 17.9 Å². The number of thioether (sulfide) groups is 1. The van der Waals surface area contributed by atoms with Crippen LogP contribution < -0.4 is 5.32 Å². The fourth-order valence-corrected chi connectivity index (χ4v) is 2.18. The van der Waals surface area contributed by atoms with Gasteiger partial charge in [-0.2, -0.15) is 0 Å². The zero-order chi connectivity index (χ0) is 14.6. The van der Waals surface area contributed by atoms with Gasteiger partial charge in [0.15, 0.2) is 11.0 Å².